The zero-order valence-corrected chi connectivity index (χ0v) is 14.7. The van der Waals surface area contributed by atoms with Gasteiger partial charge in [0.25, 0.3) is 0 Å². The van der Waals surface area contributed by atoms with Crippen molar-refractivity contribution in [2.45, 2.75) is 39.9 Å². The van der Waals surface area contributed by atoms with Gasteiger partial charge in [0.1, 0.15) is 18.7 Å². The van der Waals surface area contributed by atoms with Crippen LogP contribution < -0.4 is 11.1 Å². The van der Waals surface area contributed by atoms with Gasteiger partial charge in [-0.2, -0.15) is 0 Å². The maximum atomic E-state index is 11.4. The van der Waals surface area contributed by atoms with E-state index in [9.17, 15) is 4.79 Å². The van der Waals surface area contributed by atoms with Crippen molar-refractivity contribution < 1.29 is 4.79 Å². The van der Waals surface area contributed by atoms with Crippen molar-refractivity contribution >= 4 is 16.8 Å². The van der Waals surface area contributed by atoms with Crippen LogP contribution in [-0.2, 0) is 30.8 Å². The molecule has 0 radical (unpaired) electrons. The van der Waals surface area contributed by atoms with E-state index < -0.39 is 0 Å². The molecule has 7 nitrogen and oxygen atoms in total. The fourth-order valence-electron chi connectivity index (χ4n) is 3.24. The predicted molar refractivity (Wildman–Crippen MR) is 97.0 cm³/mol. The molecule has 3 rings (SSSR count). The topological polar surface area (TPSA) is 90.8 Å². The molecule has 0 atom stereocenters. The van der Waals surface area contributed by atoms with Gasteiger partial charge in [-0.15, -0.1) is 10.2 Å². The standard InChI is InChI=1S/C18H24N6O/c1-3-23-12-21-22-18(23)8-9-20-10-15-13(2)24(11-17(19)25)16-7-5-4-6-14(15)16/h4-7,12,20H,3,8-11H2,1-2H3,(H2,19,25). The van der Waals surface area contributed by atoms with Gasteiger partial charge in [0.05, 0.1) is 0 Å². The van der Waals surface area contributed by atoms with Crippen molar-refractivity contribution in [1.82, 2.24) is 24.6 Å². The second-order valence-electron chi connectivity index (χ2n) is 6.09. The summed E-state index contributed by atoms with van der Waals surface area (Å²) in [5, 5.41) is 12.7. The number of rotatable bonds is 8. The van der Waals surface area contributed by atoms with E-state index in [0.29, 0.717) is 0 Å². The Morgan fingerprint density at radius 3 is 2.88 bits per heavy atom. The summed E-state index contributed by atoms with van der Waals surface area (Å²) in [6, 6.07) is 8.11. The molecule has 0 saturated heterocycles. The van der Waals surface area contributed by atoms with Crippen molar-refractivity contribution in [3.8, 4) is 0 Å². The molecule has 1 amide bonds. The van der Waals surface area contributed by atoms with Gasteiger partial charge in [0, 0.05) is 42.7 Å². The van der Waals surface area contributed by atoms with E-state index in [1.165, 1.54) is 5.56 Å². The number of fused-ring (bicyclic) bond motifs is 1. The zero-order chi connectivity index (χ0) is 17.8. The van der Waals surface area contributed by atoms with E-state index in [-0.39, 0.29) is 12.5 Å². The zero-order valence-electron chi connectivity index (χ0n) is 14.7. The first-order valence-corrected chi connectivity index (χ1v) is 8.54. The van der Waals surface area contributed by atoms with Crippen molar-refractivity contribution in [3.05, 3.63) is 47.7 Å². The first kappa shape index (κ1) is 17.2. The number of aromatic nitrogens is 4. The average Bonchev–Trinajstić information content (AvgIpc) is 3.16. The highest BCUT2D eigenvalue weighted by Gasteiger charge is 2.14. The third-order valence-electron chi connectivity index (χ3n) is 4.54. The number of carbonyl (C=O) groups excluding carboxylic acids is 1. The molecule has 3 aromatic rings. The van der Waals surface area contributed by atoms with Gasteiger partial charge in [-0.25, -0.2) is 0 Å². The van der Waals surface area contributed by atoms with E-state index in [0.717, 1.165) is 48.5 Å². The highest BCUT2D eigenvalue weighted by Crippen LogP contribution is 2.25. The summed E-state index contributed by atoms with van der Waals surface area (Å²) >= 11 is 0. The second-order valence-corrected chi connectivity index (χ2v) is 6.09. The van der Waals surface area contributed by atoms with Gasteiger partial charge in [-0.05, 0) is 25.5 Å². The monoisotopic (exact) mass is 340 g/mol. The van der Waals surface area contributed by atoms with Crippen LogP contribution in [0.2, 0.25) is 0 Å². The van der Waals surface area contributed by atoms with Crippen molar-refractivity contribution in [3.63, 3.8) is 0 Å². The minimum Gasteiger partial charge on any atom is -0.368 e. The van der Waals surface area contributed by atoms with Crippen molar-refractivity contribution in [1.29, 1.82) is 0 Å². The highest BCUT2D eigenvalue weighted by atomic mass is 16.1. The van der Waals surface area contributed by atoms with Gasteiger partial charge < -0.3 is 20.2 Å². The number of hydrogen-bond donors (Lipinski definition) is 2. The van der Waals surface area contributed by atoms with Crippen LogP contribution in [0.15, 0.2) is 30.6 Å². The van der Waals surface area contributed by atoms with Crippen LogP contribution in [0.25, 0.3) is 10.9 Å². The Morgan fingerprint density at radius 2 is 2.12 bits per heavy atom. The molecule has 1 aromatic carbocycles. The molecule has 0 saturated carbocycles. The molecule has 2 heterocycles. The lowest BCUT2D eigenvalue weighted by molar-refractivity contribution is -0.118. The van der Waals surface area contributed by atoms with Crippen molar-refractivity contribution in [2.24, 2.45) is 5.73 Å². The number of aryl methyl sites for hydroxylation is 1. The maximum Gasteiger partial charge on any atom is 0.237 e. The summed E-state index contributed by atoms with van der Waals surface area (Å²) in [4.78, 5) is 11.4. The average molecular weight is 340 g/mol. The minimum absolute atomic E-state index is 0.200. The Morgan fingerprint density at radius 1 is 1.32 bits per heavy atom. The summed E-state index contributed by atoms with van der Waals surface area (Å²) in [7, 11) is 0. The number of benzene rings is 1. The lowest BCUT2D eigenvalue weighted by Gasteiger charge is -2.08. The molecule has 0 aliphatic rings. The Labute approximate surface area is 146 Å². The molecule has 0 fully saturated rings. The van der Waals surface area contributed by atoms with Crippen LogP contribution in [0.5, 0.6) is 0 Å². The van der Waals surface area contributed by atoms with Crippen molar-refractivity contribution in [2.75, 3.05) is 6.54 Å². The third kappa shape index (κ3) is 3.56. The first-order chi connectivity index (χ1) is 12.1. The quantitative estimate of drug-likeness (QED) is 0.606. The van der Waals surface area contributed by atoms with Gasteiger partial charge >= 0.3 is 0 Å². The number of para-hydroxylation sites is 1. The molecular formula is C18H24N6O. The number of hydrogen-bond acceptors (Lipinski definition) is 4. The summed E-state index contributed by atoms with van der Waals surface area (Å²) in [5.41, 5.74) is 8.73. The number of nitrogens with one attached hydrogen (secondary N) is 1. The summed E-state index contributed by atoms with van der Waals surface area (Å²) in [6.45, 7) is 6.74. The molecule has 2 aromatic heterocycles. The normalized spacial score (nSPS) is 11.3. The Kier molecular flexibility index (Phi) is 5.14. The molecule has 0 unspecified atom stereocenters. The van der Waals surface area contributed by atoms with E-state index in [4.69, 9.17) is 5.73 Å². The van der Waals surface area contributed by atoms with Crippen LogP contribution >= 0.6 is 0 Å². The molecule has 3 N–H and O–H groups in total. The van der Waals surface area contributed by atoms with Gasteiger partial charge in [-0.3, -0.25) is 4.79 Å². The Bertz CT molecular complexity index is 879. The SMILES string of the molecule is CCn1cnnc1CCNCc1c(C)n(CC(N)=O)c2ccccc12. The maximum absolute atomic E-state index is 11.4. The fraction of sp³-hybridized carbons (Fsp3) is 0.389. The Balaban J connectivity index is 1.73. The van der Waals surface area contributed by atoms with Crippen LogP contribution in [0, 0.1) is 6.92 Å². The number of carbonyl (C=O) groups is 1. The smallest absolute Gasteiger partial charge is 0.237 e. The van der Waals surface area contributed by atoms with E-state index >= 15 is 0 Å². The van der Waals surface area contributed by atoms with Crippen LogP contribution in [0.3, 0.4) is 0 Å². The number of nitrogens with two attached hydrogens (primary N) is 1. The lowest BCUT2D eigenvalue weighted by atomic mass is 10.1. The largest absolute Gasteiger partial charge is 0.368 e. The Hall–Kier alpha value is -2.67. The van der Waals surface area contributed by atoms with Crippen LogP contribution in [-0.4, -0.2) is 31.8 Å². The molecule has 25 heavy (non-hydrogen) atoms. The van der Waals surface area contributed by atoms with Crippen LogP contribution in [0.1, 0.15) is 24.0 Å². The molecule has 0 bridgehead atoms. The molecule has 0 aliphatic carbocycles. The molecule has 0 aliphatic heterocycles. The van der Waals surface area contributed by atoms with E-state index in [1.807, 2.05) is 34.3 Å². The number of nitrogens with zero attached hydrogens (tertiary/aromatic N) is 4. The molecule has 132 valence electrons. The molecular weight excluding hydrogens is 316 g/mol. The number of amides is 1. The van der Waals surface area contributed by atoms with E-state index in [2.05, 4.69) is 28.5 Å². The molecule has 0 spiro atoms. The van der Waals surface area contributed by atoms with E-state index in [1.54, 1.807) is 6.33 Å². The summed E-state index contributed by atoms with van der Waals surface area (Å²) in [5.74, 6) is 0.658. The highest BCUT2D eigenvalue weighted by molar-refractivity contribution is 5.87. The first-order valence-electron chi connectivity index (χ1n) is 8.54. The fourth-order valence-corrected chi connectivity index (χ4v) is 3.24. The minimum atomic E-state index is -0.331. The predicted octanol–water partition coefficient (Wildman–Crippen LogP) is 1.38. The van der Waals surface area contributed by atoms with Gasteiger partial charge in [0.15, 0.2) is 0 Å². The molecule has 7 heteroatoms. The van der Waals surface area contributed by atoms with Gasteiger partial charge in [-0.1, -0.05) is 18.2 Å². The lowest BCUT2D eigenvalue weighted by Crippen LogP contribution is -2.21. The third-order valence-corrected chi connectivity index (χ3v) is 4.54. The summed E-state index contributed by atoms with van der Waals surface area (Å²) < 4.78 is 4.04. The van der Waals surface area contributed by atoms with Gasteiger partial charge in [0.2, 0.25) is 5.91 Å². The van der Waals surface area contributed by atoms with Crippen LogP contribution in [0.4, 0.5) is 0 Å². The number of primary amides is 1. The second kappa shape index (κ2) is 7.48. The summed E-state index contributed by atoms with van der Waals surface area (Å²) in [6.07, 6.45) is 2.59.